The summed E-state index contributed by atoms with van der Waals surface area (Å²) in [7, 11) is 0. The van der Waals surface area contributed by atoms with E-state index in [9.17, 15) is 14.0 Å². The molecule has 0 aliphatic carbocycles. The highest BCUT2D eigenvalue weighted by molar-refractivity contribution is 5.84. The van der Waals surface area contributed by atoms with Crippen LogP contribution in [0.3, 0.4) is 0 Å². The number of aromatic nitrogens is 2. The van der Waals surface area contributed by atoms with E-state index in [1.54, 1.807) is 0 Å². The second-order valence-electron chi connectivity index (χ2n) is 8.51. The van der Waals surface area contributed by atoms with Gasteiger partial charge in [-0.15, -0.1) is 0 Å². The number of benzene rings is 1. The molecular weight excluding hydrogens is 455 g/mol. The van der Waals surface area contributed by atoms with Crippen LogP contribution in [-0.4, -0.2) is 61.9 Å². The van der Waals surface area contributed by atoms with Crippen molar-refractivity contribution in [3.8, 4) is 0 Å². The molecule has 1 aromatic carbocycles. The van der Waals surface area contributed by atoms with Crippen LogP contribution in [0.4, 0.5) is 4.39 Å². The molecule has 2 heterocycles. The van der Waals surface area contributed by atoms with Crippen molar-refractivity contribution >= 4 is 16.7 Å². The van der Waals surface area contributed by atoms with Gasteiger partial charge in [0.15, 0.2) is 0 Å². The zero-order valence-corrected chi connectivity index (χ0v) is 20.3. The van der Waals surface area contributed by atoms with Gasteiger partial charge in [0, 0.05) is 24.3 Å². The number of amides is 1. The van der Waals surface area contributed by atoms with Crippen molar-refractivity contribution in [1.29, 1.82) is 0 Å². The fourth-order valence-corrected chi connectivity index (χ4v) is 3.93. The van der Waals surface area contributed by atoms with E-state index in [1.807, 2.05) is 6.92 Å². The highest BCUT2D eigenvalue weighted by atomic mass is 19.1. The summed E-state index contributed by atoms with van der Waals surface area (Å²) in [6, 6.07) is 3.25. The Kier molecular flexibility index (Phi) is 10.8. The summed E-state index contributed by atoms with van der Waals surface area (Å²) in [5.41, 5.74) is 6.90. The molecule has 2 aromatic rings. The first-order chi connectivity index (χ1) is 17.0. The number of allylic oxidation sites excluding steroid dienone is 2. The largest absolute Gasteiger partial charge is 0.379 e. The van der Waals surface area contributed by atoms with Crippen molar-refractivity contribution in [2.75, 3.05) is 46.2 Å². The molecule has 1 saturated heterocycles. The van der Waals surface area contributed by atoms with Gasteiger partial charge >= 0.3 is 0 Å². The number of nitrogens with one attached hydrogen (secondary N) is 1. The van der Waals surface area contributed by atoms with E-state index in [1.165, 1.54) is 24.4 Å². The molecule has 0 spiro atoms. The molecule has 3 rings (SSSR count). The monoisotopic (exact) mass is 490 g/mol. The zero-order valence-electron chi connectivity index (χ0n) is 20.3. The van der Waals surface area contributed by atoms with Crippen LogP contribution in [0.2, 0.25) is 0 Å². The van der Waals surface area contributed by atoms with Crippen LogP contribution in [-0.2, 0) is 19.0 Å². The maximum Gasteiger partial charge on any atom is 0.275 e. The lowest BCUT2D eigenvalue weighted by Gasteiger charge is -2.26. The minimum absolute atomic E-state index is 0.214. The average Bonchev–Trinajstić information content (AvgIpc) is 2.85. The molecule has 35 heavy (non-hydrogen) atoms. The summed E-state index contributed by atoms with van der Waals surface area (Å²) in [6.45, 7) is 6.02. The first-order valence-corrected chi connectivity index (χ1v) is 12.1. The number of halogens is 1. The van der Waals surface area contributed by atoms with E-state index in [0.29, 0.717) is 64.4 Å². The van der Waals surface area contributed by atoms with Crippen molar-refractivity contribution in [3.63, 3.8) is 0 Å². The maximum atomic E-state index is 13.6. The fourth-order valence-electron chi connectivity index (χ4n) is 3.93. The molecule has 1 aliphatic rings. The van der Waals surface area contributed by atoms with Crippen molar-refractivity contribution in [2.24, 2.45) is 5.73 Å². The Morgan fingerprint density at radius 3 is 2.49 bits per heavy atom. The molecule has 1 atom stereocenters. The number of hydrogen-bond donors (Lipinski definition) is 2. The first-order valence-electron chi connectivity index (χ1n) is 12.1. The van der Waals surface area contributed by atoms with Crippen LogP contribution in [0.15, 0.2) is 40.5 Å². The third kappa shape index (κ3) is 7.93. The molecule has 9 nitrogen and oxygen atoms in total. The van der Waals surface area contributed by atoms with Crippen LogP contribution < -0.4 is 16.6 Å². The number of fused-ring (bicyclic) bond motifs is 1. The van der Waals surface area contributed by atoms with E-state index in [-0.39, 0.29) is 11.3 Å². The van der Waals surface area contributed by atoms with Gasteiger partial charge < -0.3 is 25.3 Å². The lowest BCUT2D eigenvalue weighted by molar-refractivity contribution is -0.125. The van der Waals surface area contributed by atoms with E-state index in [0.717, 1.165) is 35.2 Å². The summed E-state index contributed by atoms with van der Waals surface area (Å²) < 4.78 is 31.2. The lowest BCUT2D eigenvalue weighted by atomic mass is 9.99. The van der Waals surface area contributed by atoms with E-state index in [4.69, 9.17) is 19.9 Å². The molecule has 1 fully saturated rings. The topological polar surface area (TPSA) is 118 Å². The molecular formula is C25H35FN4O5. The smallest absolute Gasteiger partial charge is 0.275 e. The number of ether oxygens (including phenoxy) is 3. The highest BCUT2D eigenvalue weighted by Gasteiger charge is 2.29. The fraction of sp³-hybridized carbons (Fsp3) is 0.560. The minimum atomic E-state index is -0.721. The number of carbonyl (C=O) groups excluding carboxylic acids is 1. The first kappa shape index (κ1) is 26.9. The third-order valence-electron chi connectivity index (χ3n) is 5.91. The van der Waals surface area contributed by atoms with Gasteiger partial charge in [-0.05, 0) is 63.8 Å². The molecule has 0 radical (unpaired) electrons. The minimum Gasteiger partial charge on any atom is -0.379 e. The van der Waals surface area contributed by atoms with Gasteiger partial charge in [-0.25, -0.2) is 9.07 Å². The molecule has 10 heteroatoms. The van der Waals surface area contributed by atoms with Gasteiger partial charge in [-0.2, -0.15) is 5.10 Å². The molecule has 0 bridgehead atoms. The number of piperidine rings is 1. The normalized spacial score (nSPS) is 17.6. The van der Waals surface area contributed by atoms with Crippen molar-refractivity contribution < 1.29 is 23.4 Å². The molecule has 3 N–H and O–H groups in total. The summed E-state index contributed by atoms with van der Waals surface area (Å²) in [5, 5.41) is 7.85. The Morgan fingerprint density at radius 2 is 1.80 bits per heavy atom. The number of rotatable bonds is 14. The second kappa shape index (κ2) is 14.0. The summed E-state index contributed by atoms with van der Waals surface area (Å²) in [5.74, 6) is -0.780. The van der Waals surface area contributed by atoms with Gasteiger partial charge in [-0.1, -0.05) is 5.57 Å². The van der Waals surface area contributed by atoms with Gasteiger partial charge in [0.25, 0.3) is 5.56 Å². The molecule has 1 aliphatic heterocycles. The Balaban J connectivity index is 1.39. The summed E-state index contributed by atoms with van der Waals surface area (Å²) >= 11 is 0. The molecule has 192 valence electrons. The maximum absolute atomic E-state index is 13.6. The van der Waals surface area contributed by atoms with Crippen LogP contribution in [0.1, 0.15) is 45.1 Å². The lowest BCUT2D eigenvalue weighted by Crippen LogP contribution is -2.41. The van der Waals surface area contributed by atoms with Crippen molar-refractivity contribution in [1.82, 2.24) is 15.1 Å². The molecule has 0 saturated carbocycles. The number of nitrogens with zero attached hydrogens (tertiary/aromatic N) is 2. The van der Waals surface area contributed by atoms with E-state index < -0.39 is 17.4 Å². The Hall–Kier alpha value is -2.66. The zero-order chi connectivity index (χ0) is 25.0. The SMILES string of the molecule is C/C(CCCOCCOCCOCCCN)=C1\CCC(n2ncc3ccc(F)cc3c2=O)C(=O)N1. The summed E-state index contributed by atoms with van der Waals surface area (Å²) in [6.07, 6.45) is 5.04. The Labute approximate surface area is 204 Å². The van der Waals surface area contributed by atoms with Gasteiger partial charge in [-0.3, -0.25) is 9.59 Å². The van der Waals surface area contributed by atoms with Crippen LogP contribution in [0.5, 0.6) is 0 Å². The van der Waals surface area contributed by atoms with Gasteiger partial charge in [0.1, 0.15) is 11.9 Å². The average molecular weight is 491 g/mol. The van der Waals surface area contributed by atoms with Crippen LogP contribution >= 0.6 is 0 Å². The van der Waals surface area contributed by atoms with Gasteiger partial charge in [0.2, 0.25) is 5.91 Å². The predicted molar refractivity (Wildman–Crippen MR) is 130 cm³/mol. The molecule has 1 amide bonds. The number of carbonyl (C=O) groups is 1. The molecule has 1 unspecified atom stereocenters. The van der Waals surface area contributed by atoms with E-state index in [2.05, 4.69) is 10.4 Å². The number of hydrogen-bond acceptors (Lipinski definition) is 7. The highest BCUT2D eigenvalue weighted by Crippen LogP contribution is 2.25. The number of nitrogens with two attached hydrogens (primary N) is 1. The van der Waals surface area contributed by atoms with Crippen molar-refractivity contribution in [3.05, 3.63) is 51.8 Å². The van der Waals surface area contributed by atoms with Crippen LogP contribution in [0.25, 0.3) is 10.8 Å². The predicted octanol–water partition coefficient (Wildman–Crippen LogP) is 2.44. The van der Waals surface area contributed by atoms with Crippen LogP contribution in [0, 0.1) is 5.82 Å². The molecule has 1 aromatic heterocycles. The quantitative estimate of drug-likeness (QED) is 0.391. The summed E-state index contributed by atoms with van der Waals surface area (Å²) in [4.78, 5) is 25.6. The Bertz CT molecular complexity index is 1070. The van der Waals surface area contributed by atoms with E-state index >= 15 is 0 Å². The standard InChI is InChI=1S/C25H35FN4O5/c1-18(4-2-10-33-12-14-35-15-13-34-11-3-9-27)22-7-8-23(24(31)29-22)30-25(32)21-16-20(26)6-5-19(21)17-28-30/h5-6,16-17,23H,2-4,7-15,27H2,1H3,(H,29,31)/b22-18-. The Morgan fingerprint density at radius 1 is 1.11 bits per heavy atom. The van der Waals surface area contributed by atoms with Gasteiger partial charge in [0.05, 0.1) is 38.0 Å². The second-order valence-corrected chi connectivity index (χ2v) is 8.51. The third-order valence-corrected chi connectivity index (χ3v) is 5.91. The van der Waals surface area contributed by atoms with Crippen molar-refractivity contribution in [2.45, 2.75) is 45.1 Å².